The molecule has 19 heavy (non-hydrogen) atoms. The number of rotatable bonds is 3. The molecule has 0 aromatic heterocycles. The van der Waals surface area contributed by atoms with E-state index in [2.05, 4.69) is 11.6 Å². The van der Waals surface area contributed by atoms with Crippen molar-refractivity contribution >= 4 is 15.7 Å². The van der Waals surface area contributed by atoms with Crippen molar-refractivity contribution in [3.05, 3.63) is 24.3 Å². The fourth-order valence-corrected chi connectivity index (χ4v) is 3.93. The summed E-state index contributed by atoms with van der Waals surface area (Å²) >= 11 is 0. The van der Waals surface area contributed by atoms with Gasteiger partial charge in [-0.05, 0) is 43.4 Å². The molecule has 3 N–H and O–H groups in total. The van der Waals surface area contributed by atoms with Crippen molar-refractivity contribution in [2.45, 2.75) is 50.0 Å². The van der Waals surface area contributed by atoms with Crippen molar-refractivity contribution in [3.63, 3.8) is 0 Å². The molecule has 0 heterocycles. The van der Waals surface area contributed by atoms with Crippen molar-refractivity contribution in [3.8, 4) is 0 Å². The van der Waals surface area contributed by atoms with E-state index in [1.165, 1.54) is 12.5 Å². The molecule has 4 nitrogen and oxygen atoms in total. The summed E-state index contributed by atoms with van der Waals surface area (Å²) in [5.41, 5.74) is 6.11. The summed E-state index contributed by atoms with van der Waals surface area (Å²) in [5, 5.41) is 0. The highest BCUT2D eigenvalue weighted by molar-refractivity contribution is 7.89. The zero-order valence-corrected chi connectivity index (χ0v) is 12.1. The third kappa shape index (κ3) is 3.94. The molecule has 0 aliphatic heterocycles. The zero-order valence-electron chi connectivity index (χ0n) is 11.3. The van der Waals surface area contributed by atoms with Crippen LogP contribution in [0.2, 0.25) is 0 Å². The standard InChI is InChI=1S/C14H22N2O2S/c1-11-4-2-6-13(9-8-11)16-19(17,18)14-7-3-5-12(15)10-14/h3,5,7,10-11,13,16H,2,4,6,8-9,15H2,1H3. The van der Waals surface area contributed by atoms with E-state index in [0.717, 1.165) is 25.7 Å². The van der Waals surface area contributed by atoms with E-state index in [1.807, 2.05) is 0 Å². The lowest BCUT2D eigenvalue weighted by molar-refractivity contribution is 0.484. The molecule has 0 amide bonds. The van der Waals surface area contributed by atoms with Crippen LogP contribution in [0, 0.1) is 5.92 Å². The van der Waals surface area contributed by atoms with Crippen molar-refractivity contribution < 1.29 is 8.42 Å². The van der Waals surface area contributed by atoms with Crippen LogP contribution < -0.4 is 10.5 Å². The fraction of sp³-hybridized carbons (Fsp3) is 0.571. The smallest absolute Gasteiger partial charge is 0.240 e. The molecule has 0 bridgehead atoms. The lowest BCUT2D eigenvalue weighted by Crippen LogP contribution is -2.34. The highest BCUT2D eigenvalue weighted by atomic mass is 32.2. The fourth-order valence-electron chi connectivity index (χ4n) is 2.57. The van der Waals surface area contributed by atoms with Gasteiger partial charge in [-0.2, -0.15) is 0 Å². The van der Waals surface area contributed by atoms with Gasteiger partial charge in [0.15, 0.2) is 0 Å². The highest BCUT2D eigenvalue weighted by Gasteiger charge is 2.22. The van der Waals surface area contributed by atoms with Crippen LogP contribution >= 0.6 is 0 Å². The first-order chi connectivity index (χ1) is 8.97. The highest BCUT2D eigenvalue weighted by Crippen LogP contribution is 2.24. The summed E-state index contributed by atoms with van der Waals surface area (Å²) in [5.74, 6) is 0.696. The molecule has 1 aliphatic carbocycles. The van der Waals surface area contributed by atoms with Gasteiger partial charge in [0.05, 0.1) is 4.90 Å². The lowest BCUT2D eigenvalue weighted by atomic mass is 10.0. The molecule has 2 rings (SSSR count). The van der Waals surface area contributed by atoms with Crippen molar-refractivity contribution in [1.29, 1.82) is 0 Å². The van der Waals surface area contributed by atoms with E-state index in [-0.39, 0.29) is 10.9 Å². The molecule has 0 radical (unpaired) electrons. The normalized spacial score (nSPS) is 24.9. The molecule has 5 heteroatoms. The number of benzene rings is 1. The predicted octanol–water partition coefficient (Wildman–Crippen LogP) is 2.52. The lowest BCUT2D eigenvalue weighted by Gasteiger charge is -2.16. The monoisotopic (exact) mass is 282 g/mol. The molecule has 2 unspecified atom stereocenters. The molecule has 0 saturated heterocycles. The molecule has 1 aromatic carbocycles. The molecule has 0 spiro atoms. The number of hydrogen-bond donors (Lipinski definition) is 2. The van der Waals surface area contributed by atoms with E-state index in [0.29, 0.717) is 11.6 Å². The van der Waals surface area contributed by atoms with Gasteiger partial charge in [0.1, 0.15) is 0 Å². The van der Waals surface area contributed by atoms with Crippen LogP contribution in [0.15, 0.2) is 29.2 Å². The molecule has 1 aliphatic rings. The Morgan fingerprint density at radius 1 is 1.21 bits per heavy atom. The molecule has 1 fully saturated rings. The second kappa shape index (κ2) is 5.92. The second-order valence-corrected chi connectivity index (χ2v) is 7.22. The van der Waals surface area contributed by atoms with Gasteiger partial charge < -0.3 is 5.73 Å². The van der Waals surface area contributed by atoms with Gasteiger partial charge in [-0.15, -0.1) is 0 Å². The molecular weight excluding hydrogens is 260 g/mol. The summed E-state index contributed by atoms with van der Waals surface area (Å²) in [6.45, 7) is 2.23. The first-order valence-corrected chi connectivity index (χ1v) is 8.33. The number of anilines is 1. The average Bonchev–Trinajstić information content (AvgIpc) is 2.54. The van der Waals surface area contributed by atoms with Gasteiger partial charge in [-0.1, -0.05) is 25.8 Å². The second-order valence-electron chi connectivity index (χ2n) is 5.50. The Hall–Kier alpha value is -1.07. The summed E-state index contributed by atoms with van der Waals surface area (Å²) in [4.78, 5) is 0.254. The first-order valence-electron chi connectivity index (χ1n) is 6.85. The Kier molecular flexibility index (Phi) is 4.47. The van der Waals surface area contributed by atoms with Crippen molar-refractivity contribution in [2.24, 2.45) is 5.92 Å². The summed E-state index contributed by atoms with van der Waals surface area (Å²) in [7, 11) is -3.45. The van der Waals surface area contributed by atoms with E-state index in [9.17, 15) is 8.42 Å². The minimum Gasteiger partial charge on any atom is -0.399 e. The first kappa shape index (κ1) is 14.3. The summed E-state index contributed by atoms with van der Waals surface area (Å²) in [6, 6.07) is 6.49. The number of nitrogen functional groups attached to an aromatic ring is 1. The van der Waals surface area contributed by atoms with Gasteiger partial charge in [0, 0.05) is 11.7 Å². The third-order valence-electron chi connectivity index (χ3n) is 3.75. The van der Waals surface area contributed by atoms with Crippen LogP contribution in [-0.2, 0) is 10.0 Å². The Bertz CT molecular complexity index is 528. The molecule has 1 aromatic rings. The minimum absolute atomic E-state index is 0.0522. The van der Waals surface area contributed by atoms with Crippen molar-refractivity contribution in [2.75, 3.05) is 5.73 Å². The van der Waals surface area contributed by atoms with Crippen molar-refractivity contribution in [1.82, 2.24) is 4.72 Å². The van der Waals surface area contributed by atoms with Crippen LogP contribution in [0.1, 0.15) is 39.0 Å². The maximum atomic E-state index is 12.3. The molecule has 106 valence electrons. The van der Waals surface area contributed by atoms with E-state index in [1.54, 1.807) is 18.2 Å². The maximum absolute atomic E-state index is 12.3. The maximum Gasteiger partial charge on any atom is 0.240 e. The zero-order chi connectivity index (χ0) is 13.9. The molecule has 1 saturated carbocycles. The van der Waals surface area contributed by atoms with E-state index in [4.69, 9.17) is 5.73 Å². The van der Waals surface area contributed by atoms with Crippen LogP contribution in [0.3, 0.4) is 0 Å². The van der Waals surface area contributed by atoms with Crippen LogP contribution in [0.4, 0.5) is 5.69 Å². The van der Waals surface area contributed by atoms with Crippen LogP contribution in [-0.4, -0.2) is 14.5 Å². The minimum atomic E-state index is -3.45. The van der Waals surface area contributed by atoms with E-state index >= 15 is 0 Å². The number of nitrogens with two attached hydrogens (primary N) is 1. The largest absolute Gasteiger partial charge is 0.399 e. The van der Waals surface area contributed by atoms with E-state index < -0.39 is 10.0 Å². The Labute approximate surface area is 115 Å². The quantitative estimate of drug-likeness (QED) is 0.661. The average molecular weight is 282 g/mol. The predicted molar refractivity (Wildman–Crippen MR) is 77.2 cm³/mol. The Morgan fingerprint density at radius 3 is 2.74 bits per heavy atom. The van der Waals surface area contributed by atoms with Crippen LogP contribution in [0.5, 0.6) is 0 Å². The summed E-state index contributed by atoms with van der Waals surface area (Å²) < 4.78 is 27.4. The molecular formula is C14H22N2O2S. The third-order valence-corrected chi connectivity index (χ3v) is 5.27. The summed E-state index contributed by atoms with van der Waals surface area (Å²) in [6.07, 6.45) is 5.21. The number of nitrogens with one attached hydrogen (secondary N) is 1. The van der Waals surface area contributed by atoms with Gasteiger partial charge in [-0.3, -0.25) is 0 Å². The van der Waals surface area contributed by atoms with Crippen LogP contribution in [0.25, 0.3) is 0 Å². The number of sulfonamides is 1. The van der Waals surface area contributed by atoms with Gasteiger partial charge in [0.25, 0.3) is 0 Å². The SMILES string of the molecule is CC1CCCC(NS(=O)(=O)c2cccc(N)c2)CC1. The Balaban J connectivity index is 2.08. The topological polar surface area (TPSA) is 72.2 Å². The molecule has 2 atom stereocenters. The Morgan fingerprint density at radius 2 is 2.00 bits per heavy atom. The van der Waals surface area contributed by atoms with Gasteiger partial charge in [0.2, 0.25) is 10.0 Å². The van der Waals surface area contributed by atoms with Gasteiger partial charge >= 0.3 is 0 Å². The number of hydrogen-bond acceptors (Lipinski definition) is 3. The van der Waals surface area contributed by atoms with Gasteiger partial charge in [-0.25, -0.2) is 13.1 Å².